The molecule has 0 spiro atoms. The van der Waals surface area contributed by atoms with Crippen LogP contribution in [0.3, 0.4) is 0 Å². The van der Waals surface area contributed by atoms with Crippen molar-refractivity contribution in [3.05, 3.63) is 65.3 Å². The number of sulfonamides is 2. The van der Waals surface area contributed by atoms with E-state index in [0.29, 0.717) is 0 Å². The molecule has 0 radical (unpaired) electrons. The summed E-state index contributed by atoms with van der Waals surface area (Å²) in [6.07, 6.45) is -0.879. The quantitative estimate of drug-likeness (QED) is 0.365. The highest BCUT2D eigenvalue weighted by molar-refractivity contribution is 7.92. The third-order valence-corrected chi connectivity index (χ3v) is 10.6. The molecule has 1 aliphatic rings. The molecule has 0 bridgehead atoms. The molecule has 0 saturated heterocycles. The molecule has 0 saturated carbocycles. The number of anilines is 1. The fourth-order valence-electron chi connectivity index (χ4n) is 4.73. The molecule has 1 aromatic heterocycles. The highest BCUT2D eigenvalue weighted by Crippen LogP contribution is 2.37. The van der Waals surface area contributed by atoms with Crippen molar-refractivity contribution in [3.8, 4) is 5.75 Å². The zero-order valence-electron chi connectivity index (χ0n) is 23.7. The van der Waals surface area contributed by atoms with Crippen molar-refractivity contribution >= 4 is 31.6 Å². The average Bonchev–Trinajstić information content (AvgIpc) is 3.28. The van der Waals surface area contributed by atoms with Gasteiger partial charge < -0.3 is 19.3 Å². The van der Waals surface area contributed by atoms with Gasteiger partial charge in [0.1, 0.15) is 17.6 Å². The summed E-state index contributed by atoms with van der Waals surface area (Å²) in [7, 11) is -6.96. The summed E-state index contributed by atoms with van der Waals surface area (Å²) >= 11 is 0. The molecule has 4 rings (SSSR count). The SMILES string of the molecule is Cc1noc(C)c1S(=O)(=O)Nc1cccc2c1O[C@@H](CN(C)S(=O)(=O)c1ccc(F)cc1)[C@@H](C)CN([C@H](C)CO)C2=O. The maximum absolute atomic E-state index is 13.7. The number of amides is 1. The summed E-state index contributed by atoms with van der Waals surface area (Å²) in [4.78, 5) is 14.8. The number of aliphatic hydroxyl groups is 1. The summed E-state index contributed by atoms with van der Waals surface area (Å²) in [5.41, 5.74) is 0.105. The second-order valence-electron chi connectivity index (χ2n) is 10.3. The number of nitrogens with zero attached hydrogens (tertiary/aromatic N) is 3. The van der Waals surface area contributed by atoms with Crippen molar-refractivity contribution in [3.63, 3.8) is 0 Å². The minimum atomic E-state index is -4.24. The van der Waals surface area contributed by atoms with Crippen LogP contribution in [-0.4, -0.2) is 81.1 Å². The zero-order valence-corrected chi connectivity index (χ0v) is 25.4. The van der Waals surface area contributed by atoms with E-state index in [-0.39, 0.29) is 57.9 Å². The number of aromatic nitrogens is 1. The van der Waals surface area contributed by atoms with Crippen LogP contribution in [-0.2, 0) is 20.0 Å². The van der Waals surface area contributed by atoms with Crippen LogP contribution in [0.15, 0.2) is 56.8 Å². The van der Waals surface area contributed by atoms with E-state index in [1.165, 1.54) is 44.0 Å². The molecular formula is C27H33FN4O8S2. The summed E-state index contributed by atoms with van der Waals surface area (Å²) in [5, 5.41) is 13.6. The Hall–Kier alpha value is -3.53. The maximum Gasteiger partial charge on any atom is 0.267 e. The molecule has 0 unspecified atom stereocenters. The Labute approximate surface area is 244 Å². The van der Waals surface area contributed by atoms with E-state index in [1.807, 2.05) is 0 Å². The summed E-state index contributed by atoms with van der Waals surface area (Å²) in [6, 6.07) is 8.17. The van der Waals surface area contributed by atoms with Gasteiger partial charge in [0.05, 0.1) is 35.3 Å². The zero-order chi connectivity index (χ0) is 31.0. The Balaban J connectivity index is 1.78. The van der Waals surface area contributed by atoms with Crippen LogP contribution >= 0.6 is 0 Å². The van der Waals surface area contributed by atoms with Gasteiger partial charge in [-0.05, 0) is 57.2 Å². The Morgan fingerprint density at radius 3 is 2.43 bits per heavy atom. The minimum Gasteiger partial charge on any atom is -0.486 e. The van der Waals surface area contributed by atoms with E-state index in [1.54, 1.807) is 13.8 Å². The van der Waals surface area contributed by atoms with E-state index in [0.717, 1.165) is 28.6 Å². The van der Waals surface area contributed by atoms with Crippen LogP contribution in [0.5, 0.6) is 5.75 Å². The number of hydrogen-bond donors (Lipinski definition) is 2. The van der Waals surface area contributed by atoms with Crippen molar-refractivity contribution in [2.45, 2.75) is 49.6 Å². The minimum absolute atomic E-state index is 0.0233. The number of benzene rings is 2. The monoisotopic (exact) mass is 624 g/mol. The van der Waals surface area contributed by atoms with Crippen molar-refractivity contribution in [2.75, 3.05) is 31.5 Å². The molecule has 0 fully saturated rings. The van der Waals surface area contributed by atoms with Crippen LogP contribution in [0.25, 0.3) is 0 Å². The number of aliphatic hydroxyl groups excluding tert-OH is 1. The number of nitrogens with one attached hydrogen (secondary N) is 1. The second-order valence-corrected chi connectivity index (χ2v) is 14.0. The molecule has 2 N–H and O–H groups in total. The summed E-state index contributed by atoms with van der Waals surface area (Å²) in [6.45, 7) is 5.94. The first kappa shape index (κ1) is 31.4. The largest absolute Gasteiger partial charge is 0.486 e. The van der Waals surface area contributed by atoms with E-state index in [2.05, 4.69) is 9.88 Å². The number of para-hydroxylation sites is 1. The third kappa shape index (κ3) is 6.14. The van der Waals surface area contributed by atoms with E-state index in [9.17, 15) is 31.1 Å². The van der Waals surface area contributed by atoms with Gasteiger partial charge in [-0.2, -0.15) is 4.31 Å². The number of halogens is 1. The van der Waals surface area contributed by atoms with Gasteiger partial charge in [0.25, 0.3) is 15.9 Å². The fourth-order valence-corrected chi connectivity index (χ4v) is 7.31. The standard InChI is InChI=1S/C27H33FN4O8S2/c1-16-13-32(17(2)15-33)27(34)22-7-6-8-23(30-41(35,36)26-18(3)29-40-19(26)4)25(22)39-24(16)14-31(5)42(37,38)21-11-9-20(28)10-12-21/h6-12,16-17,24,30,33H,13-15H2,1-5H3/t16-,17+,24-/m0/s1. The van der Waals surface area contributed by atoms with Crippen LogP contribution in [0, 0.1) is 25.6 Å². The number of carbonyl (C=O) groups excluding carboxylic acids is 1. The summed E-state index contributed by atoms with van der Waals surface area (Å²) < 4.78 is 81.6. The first-order chi connectivity index (χ1) is 19.7. The van der Waals surface area contributed by atoms with Crippen molar-refractivity contribution < 1.29 is 40.4 Å². The predicted octanol–water partition coefficient (Wildman–Crippen LogP) is 2.77. The third-order valence-electron chi connectivity index (χ3n) is 7.13. The molecule has 15 heteroatoms. The molecule has 2 heterocycles. The molecule has 3 atom stereocenters. The van der Waals surface area contributed by atoms with Crippen LogP contribution in [0.4, 0.5) is 10.1 Å². The van der Waals surface area contributed by atoms with Gasteiger partial charge in [-0.1, -0.05) is 18.1 Å². The lowest BCUT2D eigenvalue weighted by atomic mass is 9.99. The van der Waals surface area contributed by atoms with Gasteiger partial charge in [-0.25, -0.2) is 21.2 Å². The Bertz CT molecular complexity index is 1660. The van der Waals surface area contributed by atoms with Gasteiger partial charge in [-0.15, -0.1) is 0 Å². The van der Waals surface area contributed by atoms with Gasteiger partial charge in [0.2, 0.25) is 10.0 Å². The van der Waals surface area contributed by atoms with E-state index >= 15 is 0 Å². The lowest BCUT2D eigenvalue weighted by Crippen LogP contribution is -2.50. The molecule has 1 amide bonds. The molecule has 228 valence electrons. The first-order valence-corrected chi connectivity index (χ1v) is 16.0. The molecule has 3 aromatic rings. The van der Waals surface area contributed by atoms with Gasteiger partial charge in [-0.3, -0.25) is 9.52 Å². The lowest BCUT2D eigenvalue weighted by molar-refractivity contribution is 0.0389. The normalized spacial score (nSPS) is 18.7. The Morgan fingerprint density at radius 2 is 1.83 bits per heavy atom. The smallest absolute Gasteiger partial charge is 0.267 e. The number of fused-ring (bicyclic) bond motifs is 1. The van der Waals surface area contributed by atoms with Gasteiger partial charge in [0.15, 0.2) is 16.4 Å². The molecular weight excluding hydrogens is 591 g/mol. The van der Waals surface area contributed by atoms with Crippen molar-refractivity contribution in [2.24, 2.45) is 5.92 Å². The van der Waals surface area contributed by atoms with E-state index in [4.69, 9.17) is 9.26 Å². The Morgan fingerprint density at radius 1 is 1.17 bits per heavy atom. The highest BCUT2D eigenvalue weighted by Gasteiger charge is 2.37. The fraction of sp³-hybridized carbons (Fsp3) is 0.407. The molecule has 1 aliphatic heterocycles. The maximum atomic E-state index is 13.7. The first-order valence-electron chi connectivity index (χ1n) is 13.1. The molecule has 2 aromatic carbocycles. The second kappa shape index (κ2) is 12.0. The summed E-state index contributed by atoms with van der Waals surface area (Å²) in [5.74, 6) is -1.59. The molecule has 42 heavy (non-hydrogen) atoms. The van der Waals surface area contributed by atoms with Crippen molar-refractivity contribution in [1.82, 2.24) is 14.4 Å². The number of rotatable bonds is 9. The number of likely N-dealkylation sites (N-methyl/N-ethyl adjacent to an activating group) is 1. The van der Waals surface area contributed by atoms with Gasteiger partial charge >= 0.3 is 0 Å². The number of aryl methyl sites for hydroxylation is 2. The topological polar surface area (TPSA) is 159 Å². The van der Waals surface area contributed by atoms with Crippen LogP contribution < -0.4 is 9.46 Å². The van der Waals surface area contributed by atoms with Crippen LogP contribution in [0.2, 0.25) is 0 Å². The predicted molar refractivity (Wildman–Crippen MR) is 151 cm³/mol. The van der Waals surface area contributed by atoms with Gasteiger partial charge in [0, 0.05) is 19.5 Å². The van der Waals surface area contributed by atoms with Crippen LogP contribution in [0.1, 0.15) is 35.7 Å². The number of hydrogen-bond acceptors (Lipinski definition) is 9. The average molecular weight is 625 g/mol. The number of ether oxygens (including phenoxy) is 1. The highest BCUT2D eigenvalue weighted by atomic mass is 32.2. The molecule has 12 nitrogen and oxygen atoms in total. The van der Waals surface area contributed by atoms with Crippen molar-refractivity contribution in [1.29, 1.82) is 0 Å². The molecule has 0 aliphatic carbocycles. The lowest BCUT2D eigenvalue weighted by Gasteiger charge is -2.38. The Kier molecular flexibility index (Phi) is 8.97. The van der Waals surface area contributed by atoms with E-state index < -0.39 is 49.8 Å². The number of carbonyl (C=O) groups is 1.